The maximum absolute atomic E-state index is 4.01. The van der Waals surface area contributed by atoms with E-state index in [1.807, 2.05) is 17.4 Å². The van der Waals surface area contributed by atoms with Crippen LogP contribution in [-0.2, 0) is 0 Å². The van der Waals surface area contributed by atoms with Crippen LogP contribution < -0.4 is 0 Å². The topological polar surface area (TPSA) is 9.86 Å². The molecule has 0 aliphatic heterocycles. The highest BCUT2D eigenvalue weighted by molar-refractivity contribution is 7.25. The molecular weight excluding hydrogens is 601 g/mol. The first-order valence-electron chi connectivity index (χ1n) is 16.4. The standard InChI is InChI=1S/C45H30N2S/c1-3-4-21-38-28(2)42-35-19-10-11-20-36(35)44-43(45(42)46(38)31-16-6-5-7-17-31)37-25-29-14-8-9-15-30(29)26-39(37)47(44)32-23-24-34-33-18-12-13-22-40(33)48-41(34)27-32/h3-27H,1H2,2H3/b21-4-. The predicted molar refractivity (Wildman–Crippen MR) is 209 cm³/mol. The van der Waals surface area contributed by atoms with Gasteiger partial charge < -0.3 is 9.13 Å². The summed E-state index contributed by atoms with van der Waals surface area (Å²) in [6, 6.07) is 49.1. The highest BCUT2D eigenvalue weighted by Gasteiger charge is 2.25. The second-order valence-electron chi connectivity index (χ2n) is 12.6. The van der Waals surface area contributed by atoms with E-state index >= 15 is 0 Å². The van der Waals surface area contributed by atoms with Gasteiger partial charge in [0.15, 0.2) is 0 Å². The molecule has 0 amide bonds. The molecule has 0 saturated heterocycles. The van der Waals surface area contributed by atoms with Gasteiger partial charge in [-0.1, -0.05) is 110 Å². The maximum atomic E-state index is 4.01. The smallest absolute Gasteiger partial charge is 0.0644 e. The Labute approximate surface area is 281 Å². The van der Waals surface area contributed by atoms with Crippen LogP contribution in [0.25, 0.3) is 91.9 Å². The summed E-state index contributed by atoms with van der Waals surface area (Å²) >= 11 is 1.87. The molecule has 48 heavy (non-hydrogen) atoms. The molecule has 3 aromatic heterocycles. The van der Waals surface area contributed by atoms with Gasteiger partial charge in [-0.05, 0) is 77.2 Å². The Bertz CT molecular complexity index is 2970. The number of hydrogen-bond acceptors (Lipinski definition) is 1. The van der Waals surface area contributed by atoms with E-state index in [4.69, 9.17) is 0 Å². The molecule has 3 heteroatoms. The summed E-state index contributed by atoms with van der Waals surface area (Å²) in [5, 5.41) is 11.4. The van der Waals surface area contributed by atoms with Crippen molar-refractivity contribution in [2.45, 2.75) is 6.92 Å². The summed E-state index contributed by atoms with van der Waals surface area (Å²) in [7, 11) is 0. The Kier molecular flexibility index (Phi) is 5.84. The van der Waals surface area contributed by atoms with Crippen LogP contribution >= 0.6 is 11.3 Å². The number of nitrogens with zero attached hydrogens (tertiary/aromatic N) is 2. The second-order valence-corrected chi connectivity index (χ2v) is 13.7. The highest BCUT2D eigenvalue weighted by atomic mass is 32.1. The van der Waals surface area contributed by atoms with Gasteiger partial charge in [0.2, 0.25) is 0 Å². The first-order valence-corrected chi connectivity index (χ1v) is 17.2. The fourth-order valence-corrected chi connectivity index (χ4v) is 9.11. The van der Waals surface area contributed by atoms with E-state index < -0.39 is 0 Å². The lowest BCUT2D eigenvalue weighted by molar-refractivity contribution is 1.10. The molecule has 0 unspecified atom stereocenters. The molecule has 10 aromatic rings. The van der Waals surface area contributed by atoms with Crippen molar-refractivity contribution in [2.24, 2.45) is 0 Å². The van der Waals surface area contributed by atoms with Crippen molar-refractivity contribution in [3.05, 3.63) is 163 Å². The molecule has 7 aromatic carbocycles. The van der Waals surface area contributed by atoms with Crippen LogP contribution in [0.15, 0.2) is 152 Å². The van der Waals surface area contributed by atoms with Gasteiger partial charge in [-0.25, -0.2) is 0 Å². The van der Waals surface area contributed by atoms with Crippen molar-refractivity contribution in [1.29, 1.82) is 0 Å². The number of thiophene rings is 1. The Morgan fingerprint density at radius 1 is 0.542 bits per heavy atom. The molecule has 2 nitrogen and oxygen atoms in total. The lowest BCUT2D eigenvalue weighted by atomic mass is 9.98. The van der Waals surface area contributed by atoms with Crippen molar-refractivity contribution in [3.8, 4) is 11.4 Å². The van der Waals surface area contributed by atoms with Gasteiger partial charge in [0.05, 0.1) is 16.6 Å². The van der Waals surface area contributed by atoms with Crippen molar-refractivity contribution < 1.29 is 0 Å². The SMILES string of the molecule is C=C/C=C\c1c(C)c2c3ccccc3c3c(c4cc5ccccc5cc4n3-c3ccc4c(c3)sc3ccccc34)c2n1-c1ccccc1. The average molecular weight is 631 g/mol. The molecule has 0 atom stereocenters. The lowest BCUT2D eigenvalue weighted by Crippen LogP contribution is -1.98. The molecule has 0 saturated carbocycles. The third-order valence-electron chi connectivity index (χ3n) is 10.0. The summed E-state index contributed by atoms with van der Waals surface area (Å²) < 4.78 is 7.62. The second kappa shape index (κ2) is 10.3. The minimum absolute atomic E-state index is 1.14. The fraction of sp³-hybridized carbons (Fsp3) is 0.0222. The number of aromatic nitrogens is 2. The van der Waals surface area contributed by atoms with E-state index in [0.717, 1.165) is 5.69 Å². The van der Waals surface area contributed by atoms with Crippen molar-refractivity contribution in [2.75, 3.05) is 0 Å². The van der Waals surface area contributed by atoms with Crippen LogP contribution in [0.2, 0.25) is 0 Å². The molecule has 0 spiro atoms. The molecule has 0 fully saturated rings. The molecule has 226 valence electrons. The molecular formula is C45H30N2S. The number of allylic oxidation sites excluding steroid dienone is 2. The maximum Gasteiger partial charge on any atom is 0.0644 e. The molecule has 0 N–H and O–H groups in total. The van der Waals surface area contributed by atoms with Crippen LogP contribution in [0.1, 0.15) is 11.3 Å². The van der Waals surface area contributed by atoms with Crippen LogP contribution in [-0.4, -0.2) is 9.13 Å². The number of fused-ring (bicyclic) bond motifs is 12. The van der Waals surface area contributed by atoms with Gasteiger partial charge in [-0.15, -0.1) is 11.3 Å². The van der Waals surface area contributed by atoms with Gasteiger partial charge in [0.1, 0.15) is 0 Å². The summed E-state index contributed by atoms with van der Waals surface area (Å²) in [4.78, 5) is 0. The first kappa shape index (κ1) is 27.2. The largest absolute Gasteiger partial charge is 0.309 e. The number of para-hydroxylation sites is 1. The summed E-state index contributed by atoms with van der Waals surface area (Å²) in [6.07, 6.45) is 6.12. The van der Waals surface area contributed by atoms with Gasteiger partial charge in [-0.2, -0.15) is 0 Å². The molecule has 0 aliphatic carbocycles. The number of hydrogen-bond donors (Lipinski definition) is 0. The lowest BCUT2D eigenvalue weighted by Gasteiger charge is -2.13. The molecule has 0 radical (unpaired) electrons. The minimum atomic E-state index is 1.14. The minimum Gasteiger partial charge on any atom is -0.309 e. The van der Waals surface area contributed by atoms with E-state index in [-0.39, 0.29) is 0 Å². The van der Waals surface area contributed by atoms with Crippen LogP contribution in [0, 0.1) is 6.92 Å². The number of benzene rings is 7. The van der Waals surface area contributed by atoms with Gasteiger partial charge in [0.25, 0.3) is 0 Å². The Hall–Kier alpha value is -5.90. The Morgan fingerprint density at radius 3 is 2.04 bits per heavy atom. The predicted octanol–water partition coefficient (Wildman–Crippen LogP) is 12.9. The van der Waals surface area contributed by atoms with Crippen LogP contribution in [0.4, 0.5) is 0 Å². The third kappa shape index (κ3) is 3.74. The monoisotopic (exact) mass is 630 g/mol. The van der Waals surface area contributed by atoms with Gasteiger partial charge >= 0.3 is 0 Å². The Balaban J connectivity index is 1.48. The normalized spacial score (nSPS) is 12.3. The summed E-state index contributed by atoms with van der Waals surface area (Å²) in [5.74, 6) is 0. The number of aryl methyl sites for hydroxylation is 1. The van der Waals surface area contributed by atoms with E-state index in [0.29, 0.717) is 0 Å². The van der Waals surface area contributed by atoms with E-state index in [2.05, 4.69) is 168 Å². The average Bonchev–Trinajstić information content (AvgIpc) is 3.77. The van der Waals surface area contributed by atoms with E-state index in [1.165, 1.54) is 91.4 Å². The Morgan fingerprint density at radius 2 is 1.23 bits per heavy atom. The van der Waals surface area contributed by atoms with Crippen LogP contribution in [0.3, 0.4) is 0 Å². The van der Waals surface area contributed by atoms with Gasteiger partial charge in [0, 0.05) is 58.8 Å². The first-order chi connectivity index (χ1) is 23.7. The summed E-state index contributed by atoms with van der Waals surface area (Å²) in [5.41, 5.74) is 8.43. The van der Waals surface area contributed by atoms with Crippen LogP contribution in [0.5, 0.6) is 0 Å². The zero-order valence-corrected chi connectivity index (χ0v) is 27.3. The van der Waals surface area contributed by atoms with Gasteiger partial charge in [-0.3, -0.25) is 0 Å². The van der Waals surface area contributed by atoms with Crippen molar-refractivity contribution >= 4 is 91.8 Å². The zero-order valence-electron chi connectivity index (χ0n) is 26.4. The quantitative estimate of drug-likeness (QED) is 0.171. The van der Waals surface area contributed by atoms with Crippen molar-refractivity contribution in [1.82, 2.24) is 9.13 Å². The van der Waals surface area contributed by atoms with E-state index in [9.17, 15) is 0 Å². The highest BCUT2D eigenvalue weighted by Crippen LogP contribution is 2.47. The molecule has 0 aliphatic rings. The fourth-order valence-electron chi connectivity index (χ4n) is 7.97. The zero-order chi connectivity index (χ0) is 31.9. The molecule has 3 heterocycles. The van der Waals surface area contributed by atoms with E-state index in [1.54, 1.807) is 0 Å². The molecule has 0 bridgehead atoms. The third-order valence-corrected chi connectivity index (χ3v) is 11.1. The van der Waals surface area contributed by atoms with Crippen molar-refractivity contribution in [3.63, 3.8) is 0 Å². The number of rotatable bonds is 4. The summed E-state index contributed by atoms with van der Waals surface area (Å²) in [6.45, 7) is 6.28. The molecule has 10 rings (SSSR count).